The zero-order chi connectivity index (χ0) is 14.6. The fourth-order valence-corrected chi connectivity index (χ4v) is 3.56. The first-order valence-electron chi connectivity index (χ1n) is 7.27. The number of aryl methyl sites for hydroxylation is 1. The molecule has 1 atom stereocenters. The average molecular weight is 300 g/mol. The molecule has 1 aliphatic heterocycles. The van der Waals surface area contributed by atoms with E-state index in [0.717, 1.165) is 19.4 Å². The number of nitrogens with zero attached hydrogens (tertiary/aromatic N) is 2. The quantitative estimate of drug-likeness (QED) is 0.825. The van der Waals surface area contributed by atoms with Crippen LogP contribution in [0.5, 0.6) is 0 Å². The van der Waals surface area contributed by atoms with Crippen LogP contribution in [0.4, 0.5) is 0 Å². The number of nitrogens with one attached hydrogen (secondary N) is 2. The summed E-state index contributed by atoms with van der Waals surface area (Å²) in [6, 6.07) is 0.439. The van der Waals surface area contributed by atoms with Crippen LogP contribution in [-0.4, -0.2) is 48.9 Å². The summed E-state index contributed by atoms with van der Waals surface area (Å²) in [4.78, 5) is 6.93. The molecule has 0 amide bonds. The van der Waals surface area contributed by atoms with Gasteiger partial charge in [0.05, 0.1) is 6.20 Å². The maximum Gasteiger partial charge on any atom is 0.259 e. The minimum atomic E-state index is -3.44. The van der Waals surface area contributed by atoms with E-state index in [9.17, 15) is 8.42 Å². The molecule has 1 fully saturated rings. The number of aromatic nitrogens is 2. The van der Waals surface area contributed by atoms with Crippen molar-refractivity contribution in [3.8, 4) is 0 Å². The third-order valence-electron chi connectivity index (χ3n) is 3.83. The van der Waals surface area contributed by atoms with E-state index in [4.69, 9.17) is 0 Å². The molecule has 1 aromatic heterocycles. The van der Waals surface area contributed by atoms with Gasteiger partial charge >= 0.3 is 0 Å². The number of aromatic amines is 1. The van der Waals surface area contributed by atoms with Crippen molar-refractivity contribution in [2.75, 3.05) is 20.1 Å². The predicted octanol–water partition coefficient (Wildman–Crippen LogP) is 1.12. The summed E-state index contributed by atoms with van der Waals surface area (Å²) < 4.78 is 26.1. The van der Waals surface area contributed by atoms with Gasteiger partial charge in [-0.05, 0) is 25.8 Å². The Hall–Kier alpha value is -0.920. The van der Waals surface area contributed by atoms with Crippen LogP contribution in [-0.2, 0) is 16.4 Å². The van der Waals surface area contributed by atoms with Crippen LogP contribution in [0.1, 0.15) is 38.4 Å². The second-order valence-corrected chi connectivity index (χ2v) is 7.32. The van der Waals surface area contributed by atoms with E-state index in [-0.39, 0.29) is 5.03 Å². The molecule has 2 heterocycles. The SMILES string of the molecule is CCc1ncc(S(=O)(=O)N(C)CCC2CCCCN2)[nH]1. The van der Waals surface area contributed by atoms with Gasteiger partial charge in [0.15, 0.2) is 5.03 Å². The summed E-state index contributed by atoms with van der Waals surface area (Å²) >= 11 is 0. The van der Waals surface area contributed by atoms with Gasteiger partial charge in [0.2, 0.25) is 0 Å². The van der Waals surface area contributed by atoms with Gasteiger partial charge in [-0.2, -0.15) is 4.31 Å². The van der Waals surface area contributed by atoms with E-state index in [2.05, 4.69) is 15.3 Å². The second kappa shape index (κ2) is 6.69. The molecule has 1 aliphatic rings. The first kappa shape index (κ1) is 15.5. The van der Waals surface area contributed by atoms with Crippen LogP contribution in [0.25, 0.3) is 0 Å². The van der Waals surface area contributed by atoms with Crippen LogP contribution < -0.4 is 5.32 Å². The Balaban J connectivity index is 1.94. The third kappa shape index (κ3) is 3.59. The van der Waals surface area contributed by atoms with Gasteiger partial charge < -0.3 is 10.3 Å². The van der Waals surface area contributed by atoms with E-state index in [1.807, 2.05) is 6.92 Å². The number of piperidine rings is 1. The number of imidazole rings is 1. The monoisotopic (exact) mass is 300 g/mol. The van der Waals surface area contributed by atoms with Crippen LogP contribution in [0.2, 0.25) is 0 Å². The predicted molar refractivity (Wildman–Crippen MR) is 78.0 cm³/mol. The highest BCUT2D eigenvalue weighted by atomic mass is 32.2. The summed E-state index contributed by atoms with van der Waals surface area (Å²) in [7, 11) is -1.81. The lowest BCUT2D eigenvalue weighted by Gasteiger charge is -2.25. The Labute approximate surface area is 121 Å². The maximum atomic E-state index is 12.4. The molecule has 6 nitrogen and oxygen atoms in total. The molecule has 0 aromatic carbocycles. The Morgan fingerprint density at radius 2 is 2.25 bits per heavy atom. The highest BCUT2D eigenvalue weighted by Crippen LogP contribution is 2.15. The van der Waals surface area contributed by atoms with E-state index in [1.54, 1.807) is 7.05 Å². The van der Waals surface area contributed by atoms with Crippen LogP contribution in [0.3, 0.4) is 0 Å². The first-order chi connectivity index (χ1) is 9.54. The van der Waals surface area contributed by atoms with Gasteiger partial charge in [0.1, 0.15) is 5.82 Å². The standard InChI is InChI=1S/C13H24N4O2S/c1-3-12-15-10-13(16-12)20(18,19)17(2)9-7-11-6-4-5-8-14-11/h10-11,14H,3-9H2,1-2H3,(H,15,16). The molecule has 0 radical (unpaired) electrons. The minimum absolute atomic E-state index is 0.188. The molecular formula is C13H24N4O2S. The molecule has 7 heteroatoms. The summed E-state index contributed by atoms with van der Waals surface area (Å²) in [5, 5.41) is 3.63. The molecule has 0 spiro atoms. The number of hydrogen-bond donors (Lipinski definition) is 2. The highest BCUT2D eigenvalue weighted by Gasteiger charge is 2.24. The maximum absolute atomic E-state index is 12.4. The van der Waals surface area contributed by atoms with Crippen molar-refractivity contribution in [3.63, 3.8) is 0 Å². The van der Waals surface area contributed by atoms with E-state index in [1.165, 1.54) is 23.3 Å². The smallest absolute Gasteiger partial charge is 0.259 e. The molecule has 1 unspecified atom stereocenters. The van der Waals surface area contributed by atoms with Crippen molar-refractivity contribution in [2.45, 2.75) is 50.1 Å². The molecule has 1 saturated heterocycles. The summed E-state index contributed by atoms with van der Waals surface area (Å²) in [6.07, 6.45) is 6.55. The Kier molecular flexibility index (Phi) is 5.17. The van der Waals surface area contributed by atoms with Crippen LogP contribution >= 0.6 is 0 Å². The lowest BCUT2D eigenvalue weighted by atomic mass is 10.0. The summed E-state index contributed by atoms with van der Waals surface area (Å²) in [5.74, 6) is 0.700. The van der Waals surface area contributed by atoms with Gasteiger partial charge in [0, 0.05) is 26.1 Å². The summed E-state index contributed by atoms with van der Waals surface area (Å²) in [6.45, 7) is 3.51. The van der Waals surface area contributed by atoms with Crippen molar-refractivity contribution in [3.05, 3.63) is 12.0 Å². The van der Waals surface area contributed by atoms with Crippen LogP contribution in [0.15, 0.2) is 11.2 Å². The number of H-pyrrole nitrogens is 1. The van der Waals surface area contributed by atoms with E-state index < -0.39 is 10.0 Å². The molecular weight excluding hydrogens is 276 g/mol. The first-order valence-corrected chi connectivity index (χ1v) is 8.71. The lowest BCUT2D eigenvalue weighted by molar-refractivity contribution is 0.351. The third-order valence-corrected chi connectivity index (χ3v) is 5.60. The van der Waals surface area contributed by atoms with Gasteiger partial charge in [-0.15, -0.1) is 0 Å². The lowest BCUT2D eigenvalue weighted by Crippen LogP contribution is -2.38. The highest BCUT2D eigenvalue weighted by molar-refractivity contribution is 7.89. The number of sulfonamides is 1. The van der Waals surface area contributed by atoms with E-state index in [0.29, 0.717) is 24.8 Å². The molecule has 0 aliphatic carbocycles. The molecule has 0 bridgehead atoms. The van der Waals surface area contributed by atoms with Gasteiger partial charge in [-0.25, -0.2) is 13.4 Å². The minimum Gasteiger partial charge on any atom is -0.332 e. The van der Waals surface area contributed by atoms with Crippen molar-refractivity contribution < 1.29 is 8.42 Å². The molecule has 2 N–H and O–H groups in total. The molecule has 0 saturated carbocycles. The average Bonchev–Trinajstić information content (AvgIpc) is 2.95. The Morgan fingerprint density at radius 1 is 1.45 bits per heavy atom. The van der Waals surface area contributed by atoms with Crippen molar-refractivity contribution in [1.82, 2.24) is 19.6 Å². The normalized spacial score (nSPS) is 20.4. The van der Waals surface area contributed by atoms with Crippen LogP contribution in [0, 0.1) is 0 Å². The largest absolute Gasteiger partial charge is 0.332 e. The molecule has 114 valence electrons. The number of hydrogen-bond acceptors (Lipinski definition) is 4. The molecule has 1 aromatic rings. The Bertz CT molecular complexity index is 520. The number of rotatable bonds is 6. The molecule has 2 rings (SSSR count). The van der Waals surface area contributed by atoms with E-state index >= 15 is 0 Å². The van der Waals surface area contributed by atoms with Gasteiger partial charge in [0.25, 0.3) is 10.0 Å². The van der Waals surface area contributed by atoms with Crippen molar-refractivity contribution in [1.29, 1.82) is 0 Å². The van der Waals surface area contributed by atoms with Gasteiger partial charge in [-0.3, -0.25) is 0 Å². The zero-order valence-electron chi connectivity index (χ0n) is 12.2. The van der Waals surface area contributed by atoms with Gasteiger partial charge in [-0.1, -0.05) is 13.3 Å². The van der Waals surface area contributed by atoms with Crippen molar-refractivity contribution in [2.24, 2.45) is 0 Å². The molecule has 20 heavy (non-hydrogen) atoms. The van der Waals surface area contributed by atoms with Crippen molar-refractivity contribution >= 4 is 10.0 Å². The second-order valence-electron chi connectivity index (χ2n) is 5.31. The fraction of sp³-hybridized carbons (Fsp3) is 0.769. The fourth-order valence-electron chi connectivity index (χ4n) is 2.45. The topological polar surface area (TPSA) is 78.1 Å². The zero-order valence-corrected chi connectivity index (χ0v) is 13.0. The summed E-state index contributed by atoms with van der Waals surface area (Å²) in [5.41, 5.74) is 0. The Morgan fingerprint density at radius 3 is 2.85 bits per heavy atom.